The lowest BCUT2D eigenvalue weighted by Gasteiger charge is -2.20. The molecular formula is C37H28N2. The van der Waals surface area contributed by atoms with Crippen molar-refractivity contribution in [3.05, 3.63) is 152 Å². The number of aromatic nitrogens is 1. The van der Waals surface area contributed by atoms with Gasteiger partial charge < -0.3 is 9.47 Å². The van der Waals surface area contributed by atoms with Crippen LogP contribution in [-0.4, -0.2) is 11.6 Å². The van der Waals surface area contributed by atoms with Crippen LogP contribution < -0.4 is 4.90 Å². The molecule has 0 atom stereocenters. The van der Waals surface area contributed by atoms with Gasteiger partial charge in [0.25, 0.3) is 0 Å². The Morgan fingerprint density at radius 3 is 1.54 bits per heavy atom. The van der Waals surface area contributed by atoms with Gasteiger partial charge in [-0.1, -0.05) is 103 Å². The van der Waals surface area contributed by atoms with Gasteiger partial charge in [0.05, 0.1) is 11.0 Å². The van der Waals surface area contributed by atoms with E-state index < -0.39 is 0 Å². The summed E-state index contributed by atoms with van der Waals surface area (Å²) >= 11 is 0. The minimum Gasteiger partial charge on any atom is -0.345 e. The quantitative estimate of drug-likeness (QED) is 0.228. The number of benzene rings is 6. The number of hydrogen-bond donors (Lipinski definition) is 0. The molecule has 39 heavy (non-hydrogen) atoms. The normalized spacial score (nSPS) is 11.2. The molecule has 2 heteroatoms. The summed E-state index contributed by atoms with van der Waals surface area (Å²) in [5.41, 5.74) is 10.8. The maximum absolute atomic E-state index is 2.37. The Balaban J connectivity index is 1.27. The molecule has 1 heterocycles. The zero-order valence-electron chi connectivity index (χ0n) is 21.8. The van der Waals surface area contributed by atoms with Crippen molar-refractivity contribution in [2.45, 2.75) is 0 Å². The van der Waals surface area contributed by atoms with E-state index >= 15 is 0 Å². The van der Waals surface area contributed by atoms with Gasteiger partial charge in [-0.25, -0.2) is 0 Å². The Hall–Kier alpha value is -5.08. The van der Waals surface area contributed by atoms with Gasteiger partial charge in [-0.3, -0.25) is 0 Å². The molecule has 0 fully saturated rings. The first kappa shape index (κ1) is 23.1. The second kappa shape index (κ2) is 9.66. The fourth-order valence-electron chi connectivity index (χ4n) is 5.54. The van der Waals surface area contributed by atoms with Crippen LogP contribution in [0, 0.1) is 0 Å². The smallest absolute Gasteiger partial charge is 0.0542 e. The van der Waals surface area contributed by atoms with Crippen molar-refractivity contribution < 1.29 is 0 Å². The number of fused-ring (bicyclic) bond motifs is 3. The van der Waals surface area contributed by atoms with Crippen LogP contribution in [0.15, 0.2) is 152 Å². The molecule has 0 aliphatic rings. The molecule has 0 saturated carbocycles. The maximum Gasteiger partial charge on any atom is 0.0542 e. The van der Waals surface area contributed by atoms with Gasteiger partial charge in [0, 0.05) is 34.9 Å². The molecule has 7 aromatic rings. The molecule has 2 nitrogen and oxygen atoms in total. The van der Waals surface area contributed by atoms with E-state index in [0.29, 0.717) is 0 Å². The van der Waals surface area contributed by atoms with Crippen LogP contribution in [0.4, 0.5) is 11.4 Å². The number of anilines is 2. The van der Waals surface area contributed by atoms with Gasteiger partial charge in [0.15, 0.2) is 0 Å². The van der Waals surface area contributed by atoms with Gasteiger partial charge in [0.2, 0.25) is 0 Å². The Bertz CT molecular complexity index is 1880. The Labute approximate surface area is 229 Å². The molecule has 7 rings (SSSR count). The summed E-state index contributed by atoms with van der Waals surface area (Å²) in [6.07, 6.45) is 0. The molecule has 186 valence electrons. The summed E-state index contributed by atoms with van der Waals surface area (Å²) in [5, 5.41) is 2.51. The Morgan fingerprint density at radius 2 is 0.897 bits per heavy atom. The molecule has 0 spiro atoms. The summed E-state index contributed by atoms with van der Waals surface area (Å²) in [4.78, 5) is 2.26. The van der Waals surface area contributed by atoms with E-state index in [2.05, 4.69) is 168 Å². The fraction of sp³-hybridized carbons (Fsp3) is 0.0270. The molecule has 0 amide bonds. The van der Waals surface area contributed by atoms with Crippen molar-refractivity contribution >= 4 is 33.2 Å². The van der Waals surface area contributed by atoms with Crippen LogP contribution in [0.1, 0.15) is 0 Å². The summed E-state index contributed by atoms with van der Waals surface area (Å²) in [7, 11) is 2.14. The lowest BCUT2D eigenvalue weighted by atomic mass is 10.1. The van der Waals surface area contributed by atoms with Crippen LogP contribution in [0.2, 0.25) is 0 Å². The van der Waals surface area contributed by atoms with Crippen molar-refractivity contribution in [2.24, 2.45) is 0 Å². The zero-order valence-corrected chi connectivity index (χ0v) is 21.8. The largest absolute Gasteiger partial charge is 0.345 e. The minimum absolute atomic E-state index is 1.16. The maximum atomic E-state index is 2.37. The Morgan fingerprint density at radius 1 is 0.410 bits per heavy atom. The van der Waals surface area contributed by atoms with Crippen LogP contribution in [0.3, 0.4) is 0 Å². The molecule has 0 aliphatic heterocycles. The van der Waals surface area contributed by atoms with E-state index in [4.69, 9.17) is 0 Å². The van der Waals surface area contributed by atoms with Gasteiger partial charge in [0.1, 0.15) is 0 Å². The zero-order chi connectivity index (χ0) is 26.2. The molecular weight excluding hydrogens is 472 g/mol. The summed E-state index contributed by atoms with van der Waals surface area (Å²) < 4.78 is 2.37. The number of rotatable bonds is 5. The fourth-order valence-corrected chi connectivity index (χ4v) is 5.54. The number of hydrogen-bond acceptors (Lipinski definition) is 1. The molecule has 0 saturated heterocycles. The minimum atomic E-state index is 1.16. The van der Waals surface area contributed by atoms with Crippen molar-refractivity contribution in [2.75, 3.05) is 11.9 Å². The van der Waals surface area contributed by atoms with Crippen LogP contribution in [-0.2, 0) is 0 Å². The highest BCUT2D eigenvalue weighted by Gasteiger charge is 2.14. The third kappa shape index (κ3) is 4.17. The average molecular weight is 501 g/mol. The van der Waals surface area contributed by atoms with E-state index in [1.54, 1.807) is 0 Å². The predicted octanol–water partition coefficient (Wildman–Crippen LogP) is 9.89. The van der Waals surface area contributed by atoms with Crippen LogP contribution in [0.25, 0.3) is 49.7 Å². The number of nitrogens with zero attached hydrogens (tertiary/aromatic N) is 2. The number of para-hydroxylation sites is 1. The molecule has 0 unspecified atom stereocenters. The van der Waals surface area contributed by atoms with E-state index in [9.17, 15) is 0 Å². The van der Waals surface area contributed by atoms with Gasteiger partial charge in [-0.05, 0) is 70.8 Å². The first-order valence-electron chi connectivity index (χ1n) is 13.3. The highest BCUT2D eigenvalue weighted by Crippen LogP contribution is 2.36. The van der Waals surface area contributed by atoms with E-state index in [1.165, 1.54) is 49.7 Å². The van der Waals surface area contributed by atoms with Crippen molar-refractivity contribution in [3.63, 3.8) is 0 Å². The predicted molar refractivity (Wildman–Crippen MR) is 166 cm³/mol. The second-order valence-electron chi connectivity index (χ2n) is 9.94. The van der Waals surface area contributed by atoms with Crippen molar-refractivity contribution in [1.29, 1.82) is 0 Å². The highest BCUT2D eigenvalue weighted by molar-refractivity contribution is 6.10. The molecule has 0 bridgehead atoms. The topological polar surface area (TPSA) is 8.17 Å². The molecule has 0 aliphatic carbocycles. The third-order valence-corrected chi connectivity index (χ3v) is 7.64. The van der Waals surface area contributed by atoms with E-state index in [1.807, 2.05) is 0 Å². The SMILES string of the molecule is CN(c1ccc(-c2ccccc2)cc1)c1ccc2c(c1)c1ccccc1n2-c1ccc(-c2ccccc2)cc1. The highest BCUT2D eigenvalue weighted by atomic mass is 15.1. The molecule has 0 N–H and O–H groups in total. The van der Waals surface area contributed by atoms with E-state index in [-0.39, 0.29) is 0 Å². The van der Waals surface area contributed by atoms with Crippen molar-refractivity contribution in [3.8, 4) is 27.9 Å². The van der Waals surface area contributed by atoms with Crippen LogP contribution in [0.5, 0.6) is 0 Å². The van der Waals surface area contributed by atoms with Crippen molar-refractivity contribution in [1.82, 2.24) is 4.57 Å². The Kier molecular flexibility index (Phi) is 5.71. The monoisotopic (exact) mass is 500 g/mol. The standard InChI is InChI=1S/C37H28N2/c1-38(31-20-16-29(17-21-31)27-10-4-2-5-11-27)33-24-25-37-35(26-33)34-14-8-9-15-36(34)39(37)32-22-18-30(19-23-32)28-12-6-3-7-13-28/h2-26H,1H3. The first-order chi connectivity index (χ1) is 19.3. The first-order valence-corrected chi connectivity index (χ1v) is 13.3. The van der Waals surface area contributed by atoms with Crippen LogP contribution >= 0.6 is 0 Å². The average Bonchev–Trinajstić information content (AvgIpc) is 3.35. The molecule has 0 radical (unpaired) electrons. The molecule has 6 aromatic carbocycles. The van der Waals surface area contributed by atoms with Gasteiger partial charge >= 0.3 is 0 Å². The lowest BCUT2D eigenvalue weighted by molar-refractivity contribution is 1.18. The van der Waals surface area contributed by atoms with Gasteiger partial charge in [-0.15, -0.1) is 0 Å². The lowest BCUT2D eigenvalue weighted by Crippen LogP contribution is -2.09. The van der Waals surface area contributed by atoms with E-state index in [0.717, 1.165) is 11.4 Å². The third-order valence-electron chi connectivity index (χ3n) is 7.64. The second-order valence-corrected chi connectivity index (χ2v) is 9.94. The molecule has 1 aromatic heterocycles. The summed E-state index contributed by atoms with van der Waals surface area (Å²) in [6.45, 7) is 0. The summed E-state index contributed by atoms with van der Waals surface area (Å²) in [6, 6.07) is 54.2. The van der Waals surface area contributed by atoms with Gasteiger partial charge in [-0.2, -0.15) is 0 Å². The summed E-state index contributed by atoms with van der Waals surface area (Å²) in [5.74, 6) is 0.